The Morgan fingerprint density at radius 2 is 1.95 bits per heavy atom. The second kappa shape index (κ2) is 5.25. The monoisotopic (exact) mass is 308 g/mol. The van der Waals surface area contributed by atoms with Gasteiger partial charge in [0.05, 0.1) is 5.69 Å². The molecule has 0 radical (unpaired) electrons. The molecule has 0 unspecified atom stereocenters. The highest BCUT2D eigenvalue weighted by Gasteiger charge is 2.25. The number of aryl methyl sites for hydroxylation is 2. The normalized spacial score (nSPS) is 11.4. The van der Waals surface area contributed by atoms with E-state index in [4.69, 9.17) is 5.11 Å². The Morgan fingerprint density at radius 3 is 2.48 bits per heavy atom. The molecular weight excluding hydrogens is 292 g/mol. The van der Waals surface area contributed by atoms with Crippen molar-refractivity contribution in [1.29, 1.82) is 0 Å². The summed E-state index contributed by atoms with van der Waals surface area (Å²) in [5.41, 5.74) is 1.38. The van der Waals surface area contributed by atoms with Gasteiger partial charge in [-0.2, -0.15) is 0 Å². The van der Waals surface area contributed by atoms with E-state index in [-0.39, 0.29) is 10.6 Å². The van der Waals surface area contributed by atoms with Crippen molar-refractivity contribution in [1.82, 2.24) is 4.57 Å². The smallest absolute Gasteiger partial charge is 0.352 e. The molecule has 2 aromatic rings. The Kier molecular flexibility index (Phi) is 3.78. The average Bonchev–Trinajstić information content (AvgIpc) is 2.80. The van der Waals surface area contributed by atoms with Crippen LogP contribution in [0.1, 0.15) is 16.1 Å². The van der Waals surface area contributed by atoms with E-state index in [9.17, 15) is 13.2 Å². The first kappa shape index (κ1) is 15.1. The molecule has 1 aromatic carbocycles. The van der Waals surface area contributed by atoms with E-state index in [1.165, 1.54) is 24.9 Å². The molecule has 0 aliphatic heterocycles. The first-order chi connectivity index (χ1) is 9.73. The second-order valence-electron chi connectivity index (χ2n) is 4.79. The van der Waals surface area contributed by atoms with Crippen LogP contribution < -0.4 is 4.31 Å². The van der Waals surface area contributed by atoms with Crippen LogP contribution in [0, 0.1) is 6.92 Å². The van der Waals surface area contributed by atoms with Crippen LogP contribution in [0.3, 0.4) is 0 Å². The molecule has 7 heteroatoms. The molecule has 0 saturated heterocycles. The van der Waals surface area contributed by atoms with E-state index in [1.54, 1.807) is 18.2 Å². The van der Waals surface area contributed by atoms with E-state index in [0.29, 0.717) is 5.69 Å². The SMILES string of the molecule is Cc1cccc(N(C)S(=O)(=O)c2cc(C(=O)O)n(C)c2)c1. The lowest BCUT2D eigenvalue weighted by Gasteiger charge is -2.19. The number of anilines is 1. The van der Waals surface area contributed by atoms with Crippen molar-refractivity contribution in [2.75, 3.05) is 11.4 Å². The van der Waals surface area contributed by atoms with E-state index < -0.39 is 16.0 Å². The van der Waals surface area contributed by atoms with Gasteiger partial charge in [-0.15, -0.1) is 0 Å². The van der Waals surface area contributed by atoms with Crippen molar-refractivity contribution in [3.8, 4) is 0 Å². The van der Waals surface area contributed by atoms with Crippen molar-refractivity contribution in [3.05, 3.63) is 47.8 Å². The summed E-state index contributed by atoms with van der Waals surface area (Å²) in [7, 11) is -0.858. The number of rotatable bonds is 4. The number of carbonyl (C=O) groups is 1. The van der Waals surface area contributed by atoms with Gasteiger partial charge >= 0.3 is 5.97 Å². The predicted octanol–water partition coefficient (Wildman–Crippen LogP) is 1.86. The molecule has 0 aliphatic rings. The Labute approximate surface area is 123 Å². The van der Waals surface area contributed by atoms with Crippen molar-refractivity contribution >= 4 is 21.7 Å². The predicted molar refractivity (Wildman–Crippen MR) is 79.1 cm³/mol. The van der Waals surface area contributed by atoms with Gasteiger partial charge in [-0.3, -0.25) is 4.31 Å². The maximum atomic E-state index is 12.6. The number of hydrogen-bond donors (Lipinski definition) is 1. The standard InChI is InChI=1S/C14H16N2O4S/c1-10-5-4-6-11(7-10)16(3)21(19,20)12-8-13(14(17)18)15(2)9-12/h4-9H,1-3H3,(H,17,18). The number of sulfonamides is 1. The maximum Gasteiger partial charge on any atom is 0.352 e. The van der Waals surface area contributed by atoms with Crippen molar-refractivity contribution < 1.29 is 18.3 Å². The van der Waals surface area contributed by atoms with Crippen LogP contribution in [0.15, 0.2) is 41.4 Å². The van der Waals surface area contributed by atoms with Crippen molar-refractivity contribution in [2.45, 2.75) is 11.8 Å². The summed E-state index contributed by atoms with van der Waals surface area (Å²) in [6.45, 7) is 1.87. The van der Waals surface area contributed by atoms with Crippen LogP contribution in [-0.4, -0.2) is 31.1 Å². The first-order valence-electron chi connectivity index (χ1n) is 6.18. The third-order valence-corrected chi connectivity index (χ3v) is 4.97. The molecule has 0 amide bonds. The first-order valence-corrected chi connectivity index (χ1v) is 7.63. The molecule has 0 spiro atoms. The average molecular weight is 308 g/mol. The van der Waals surface area contributed by atoms with E-state index >= 15 is 0 Å². The summed E-state index contributed by atoms with van der Waals surface area (Å²) in [4.78, 5) is 11.0. The van der Waals surface area contributed by atoms with Crippen LogP contribution in [0.2, 0.25) is 0 Å². The minimum absolute atomic E-state index is 0.0496. The lowest BCUT2D eigenvalue weighted by Crippen LogP contribution is -2.26. The molecular formula is C14H16N2O4S. The minimum atomic E-state index is -3.79. The number of hydrogen-bond acceptors (Lipinski definition) is 3. The lowest BCUT2D eigenvalue weighted by molar-refractivity contribution is 0.0686. The molecule has 6 nitrogen and oxygen atoms in total. The molecule has 1 N–H and O–H groups in total. The Hall–Kier alpha value is -2.28. The van der Waals surface area contributed by atoms with Gasteiger partial charge in [-0.25, -0.2) is 13.2 Å². The third kappa shape index (κ3) is 2.78. The van der Waals surface area contributed by atoms with Gasteiger partial charge in [0.2, 0.25) is 0 Å². The van der Waals surface area contributed by atoms with Crippen LogP contribution in [0.5, 0.6) is 0 Å². The highest BCUT2D eigenvalue weighted by atomic mass is 32.2. The van der Waals surface area contributed by atoms with E-state index in [1.807, 2.05) is 13.0 Å². The van der Waals surface area contributed by atoms with E-state index in [0.717, 1.165) is 15.9 Å². The summed E-state index contributed by atoms with van der Waals surface area (Å²) in [5, 5.41) is 9.01. The summed E-state index contributed by atoms with van der Waals surface area (Å²) in [6.07, 6.45) is 1.30. The summed E-state index contributed by atoms with van der Waals surface area (Å²) >= 11 is 0. The van der Waals surface area contributed by atoms with Crippen molar-refractivity contribution in [3.63, 3.8) is 0 Å². The number of aromatic carboxylic acids is 1. The Morgan fingerprint density at radius 1 is 1.29 bits per heavy atom. The fourth-order valence-electron chi connectivity index (χ4n) is 2.01. The zero-order valence-corrected chi connectivity index (χ0v) is 12.8. The highest BCUT2D eigenvalue weighted by Crippen LogP contribution is 2.24. The quantitative estimate of drug-likeness (QED) is 0.935. The molecule has 2 rings (SSSR count). The van der Waals surface area contributed by atoms with Gasteiger partial charge in [0, 0.05) is 20.3 Å². The van der Waals surface area contributed by atoms with E-state index in [2.05, 4.69) is 0 Å². The second-order valence-corrected chi connectivity index (χ2v) is 6.76. The maximum absolute atomic E-state index is 12.6. The fourth-order valence-corrected chi connectivity index (χ4v) is 3.27. The molecule has 0 aliphatic carbocycles. The number of carboxylic acids is 1. The third-order valence-electron chi connectivity index (χ3n) is 3.22. The number of aromatic nitrogens is 1. The molecule has 0 bridgehead atoms. The van der Waals surface area contributed by atoms with Gasteiger partial charge < -0.3 is 9.67 Å². The highest BCUT2D eigenvalue weighted by molar-refractivity contribution is 7.92. The van der Waals surface area contributed by atoms with Crippen molar-refractivity contribution in [2.24, 2.45) is 7.05 Å². The summed E-state index contributed by atoms with van der Waals surface area (Å²) < 4.78 is 27.5. The Balaban J connectivity index is 2.47. The van der Waals surface area contributed by atoms with Gasteiger partial charge in [-0.05, 0) is 30.7 Å². The van der Waals surface area contributed by atoms with Crippen LogP contribution >= 0.6 is 0 Å². The van der Waals surface area contributed by atoms with Crippen LogP contribution in [0.25, 0.3) is 0 Å². The molecule has 1 aromatic heterocycles. The van der Waals surface area contributed by atoms with Crippen LogP contribution in [-0.2, 0) is 17.1 Å². The largest absolute Gasteiger partial charge is 0.477 e. The zero-order chi connectivity index (χ0) is 15.8. The number of carboxylic acid groups (broad SMARTS) is 1. The molecule has 0 fully saturated rings. The number of benzene rings is 1. The van der Waals surface area contributed by atoms with Gasteiger partial charge in [0.1, 0.15) is 10.6 Å². The van der Waals surface area contributed by atoms with Gasteiger partial charge in [-0.1, -0.05) is 12.1 Å². The molecule has 0 saturated carbocycles. The lowest BCUT2D eigenvalue weighted by atomic mass is 10.2. The fraction of sp³-hybridized carbons (Fsp3) is 0.214. The Bertz CT molecular complexity index is 793. The molecule has 0 atom stereocenters. The molecule has 1 heterocycles. The molecule has 112 valence electrons. The molecule has 21 heavy (non-hydrogen) atoms. The van der Waals surface area contributed by atoms with Crippen LogP contribution in [0.4, 0.5) is 5.69 Å². The summed E-state index contributed by atoms with van der Waals surface area (Å²) in [6, 6.07) is 8.23. The van der Waals surface area contributed by atoms with Gasteiger partial charge in [0.15, 0.2) is 0 Å². The topological polar surface area (TPSA) is 79.6 Å². The van der Waals surface area contributed by atoms with Gasteiger partial charge in [0.25, 0.3) is 10.0 Å². The zero-order valence-electron chi connectivity index (χ0n) is 11.9. The number of nitrogens with zero attached hydrogens (tertiary/aromatic N) is 2. The minimum Gasteiger partial charge on any atom is -0.477 e. The summed E-state index contributed by atoms with van der Waals surface area (Å²) in [5.74, 6) is -1.17.